The molecule has 0 aliphatic carbocycles. The standard InChI is InChI=1S/C12H15N3O2/c1-4-6-9(5-2)14-10-7-8-13-11(15-10)12(16)17-3/h2,7-9H,4,6H2,1,3H3,(H,13,14,15). The number of hydrogen-bond donors (Lipinski definition) is 1. The summed E-state index contributed by atoms with van der Waals surface area (Å²) >= 11 is 0. The Bertz CT molecular complexity index is 426. The minimum atomic E-state index is -0.568. The van der Waals surface area contributed by atoms with Crippen molar-refractivity contribution in [2.75, 3.05) is 12.4 Å². The SMILES string of the molecule is C#CC(CCC)Nc1ccnc(C(=O)OC)n1. The van der Waals surface area contributed by atoms with E-state index in [1.807, 2.05) is 6.92 Å². The Balaban J connectivity index is 2.78. The van der Waals surface area contributed by atoms with Gasteiger partial charge in [0.05, 0.1) is 13.2 Å². The molecule has 0 amide bonds. The zero-order chi connectivity index (χ0) is 12.7. The first-order chi connectivity index (χ1) is 8.21. The van der Waals surface area contributed by atoms with Crippen molar-refractivity contribution in [2.45, 2.75) is 25.8 Å². The molecule has 1 aromatic rings. The van der Waals surface area contributed by atoms with Crippen LogP contribution in [0.25, 0.3) is 0 Å². The summed E-state index contributed by atoms with van der Waals surface area (Å²) in [6, 6.07) is 1.56. The molecule has 90 valence electrons. The molecule has 0 aliphatic heterocycles. The van der Waals surface area contributed by atoms with E-state index in [0.29, 0.717) is 5.82 Å². The number of hydrogen-bond acceptors (Lipinski definition) is 5. The number of methoxy groups -OCH3 is 1. The number of ether oxygens (including phenoxy) is 1. The maximum atomic E-state index is 11.2. The molecular formula is C12H15N3O2. The second-order valence-electron chi connectivity index (χ2n) is 3.41. The summed E-state index contributed by atoms with van der Waals surface area (Å²) in [5.41, 5.74) is 0. The number of esters is 1. The van der Waals surface area contributed by atoms with E-state index in [2.05, 4.69) is 25.9 Å². The molecule has 0 fully saturated rings. The molecule has 0 saturated heterocycles. The van der Waals surface area contributed by atoms with Gasteiger partial charge in [0.2, 0.25) is 5.82 Å². The minimum absolute atomic E-state index is 0.0183. The van der Waals surface area contributed by atoms with Crippen LogP contribution in [0, 0.1) is 12.3 Å². The first kappa shape index (κ1) is 13.0. The van der Waals surface area contributed by atoms with Gasteiger partial charge in [-0.05, 0) is 12.5 Å². The Labute approximate surface area is 101 Å². The molecule has 0 bridgehead atoms. The van der Waals surface area contributed by atoms with Crippen molar-refractivity contribution in [3.8, 4) is 12.3 Å². The number of nitrogens with one attached hydrogen (secondary N) is 1. The fourth-order valence-corrected chi connectivity index (χ4v) is 1.29. The summed E-state index contributed by atoms with van der Waals surface area (Å²) in [6.07, 6.45) is 8.68. The first-order valence-corrected chi connectivity index (χ1v) is 5.35. The Morgan fingerprint density at radius 3 is 3.06 bits per heavy atom. The highest BCUT2D eigenvalue weighted by atomic mass is 16.5. The summed E-state index contributed by atoms with van der Waals surface area (Å²) in [7, 11) is 1.28. The van der Waals surface area contributed by atoms with Gasteiger partial charge in [-0.25, -0.2) is 14.8 Å². The summed E-state index contributed by atoms with van der Waals surface area (Å²) in [6.45, 7) is 2.05. The van der Waals surface area contributed by atoms with Crippen molar-refractivity contribution < 1.29 is 9.53 Å². The lowest BCUT2D eigenvalue weighted by molar-refractivity contribution is 0.0587. The van der Waals surface area contributed by atoms with Gasteiger partial charge in [-0.3, -0.25) is 0 Å². The molecule has 1 unspecified atom stereocenters. The van der Waals surface area contributed by atoms with E-state index in [9.17, 15) is 4.79 Å². The van der Waals surface area contributed by atoms with Crippen molar-refractivity contribution in [3.63, 3.8) is 0 Å². The van der Waals surface area contributed by atoms with E-state index in [-0.39, 0.29) is 11.9 Å². The lowest BCUT2D eigenvalue weighted by atomic mass is 10.2. The Morgan fingerprint density at radius 1 is 1.71 bits per heavy atom. The Kier molecular flexibility index (Phi) is 4.95. The second-order valence-corrected chi connectivity index (χ2v) is 3.41. The monoisotopic (exact) mass is 233 g/mol. The van der Waals surface area contributed by atoms with Crippen LogP contribution < -0.4 is 5.32 Å². The highest BCUT2D eigenvalue weighted by Gasteiger charge is 2.11. The average Bonchev–Trinajstić information content (AvgIpc) is 2.37. The van der Waals surface area contributed by atoms with E-state index < -0.39 is 5.97 Å². The number of terminal acetylenes is 1. The number of nitrogens with zero attached hydrogens (tertiary/aromatic N) is 2. The molecule has 0 saturated carbocycles. The molecule has 1 atom stereocenters. The van der Waals surface area contributed by atoms with Gasteiger partial charge in [-0.1, -0.05) is 19.3 Å². The smallest absolute Gasteiger partial charge is 0.376 e. The first-order valence-electron chi connectivity index (χ1n) is 5.35. The van der Waals surface area contributed by atoms with Gasteiger partial charge in [0.15, 0.2) is 0 Å². The van der Waals surface area contributed by atoms with E-state index in [0.717, 1.165) is 12.8 Å². The number of anilines is 1. The lowest BCUT2D eigenvalue weighted by Gasteiger charge is -2.12. The van der Waals surface area contributed by atoms with Crippen LogP contribution >= 0.6 is 0 Å². The van der Waals surface area contributed by atoms with E-state index >= 15 is 0 Å². The van der Waals surface area contributed by atoms with Gasteiger partial charge in [0.25, 0.3) is 0 Å². The van der Waals surface area contributed by atoms with Crippen molar-refractivity contribution in [3.05, 3.63) is 18.1 Å². The third kappa shape index (κ3) is 3.76. The van der Waals surface area contributed by atoms with E-state index in [1.54, 1.807) is 6.07 Å². The van der Waals surface area contributed by atoms with Crippen molar-refractivity contribution >= 4 is 11.8 Å². The average molecular weight is 233 g/mol. The van der Waals surface area contributed by atoms with Crippen LogP contribution in [-0.4, -0.2) is 29.1 Å². The summed E-state index contributed by atoms with van der Waals surface area (Å²) in [5.74, 6) is 2.60. The zero-order valence-corrected chi connectivity index (χ0v) is 9.93. The van der Waals surface area contributed by atoms with Crippen LogP contribution in [0.15, 0.2) is 12.3 Å². The summed E-state index contributed by atoms with van der Waals surface area (Å²) < 4.78 is 4.54. The number of carbonyl (C=O) groups is 1. The van der Waals surface area contributed by atoms with Gasteiger partial charge < -0.3 is 10.1 Å². The van der Waals surface area contributed by atoms with Crippen LogP contribution in [0.3, 0.4) is 0 Å². The highest BCUT2D eigenvalue weighted by Crippen LogP contribution is 2.07. The second kappa shape index (κ2) is 6.48. The van der Waals surface area contributed by atoms with Crippen molar-refractivity contribution in [2.24, 2.45) is 0 Å². The molecule has 1 heterocycles. The van der Waals surface area contributed by atoms with Crippen LogP contribution in [0.4, 0.5) is 5.82 Å². The lowest BCUT2D eigenvalue weighted by Crippen LogP contribution is -2.19. The van der Waals surface area contributed by atoms with Crippen molar-refractivity contribution in [1.29, 1.82) is 0 Å². The number of aromatic nitrogens is 2. The number of carbonyl (C=O) groups excluding carboxylic acids is 1. The van der Waals surface area contributed by atoms with Gasteiger partial charge >= 0.3 is 5.97 Å². The normalized spacial score (nSPS) is 11.4. The molecule has 5 nitrogen and oxygen atoms in total. The predicted molar refractivity (Wildman–Crippen MR) is 64.5 cm³/mol. The molecule has 17 heavy (non-hydrogen) atoms. The molecule has 1 N–H and O–H groups in total. The fourth-order valence-electron chi connectivity index (χ4n) is 1.29. The molecule has 1 aromatic heterocycles. The van der Waals surface area contributed by atoms with Gasteiger partial charge in [0.1, 0.15) is 5.82 Å². The highest BCUT2D eigenvalue weighted by molar-refractivity contribution is 5.85. The summed E-state index contributed by atoms with van der Waals surface area (Å²) in [4.78, 5) is 19.1. The third-order valence-corrected chi connectivity index (χ3v) is 2.12. The zero-order valence-electron chi connectivity index (χ0n) is 9.93. The van der Waals surface area contributed by atoms with E-state index in [4.69, 9.17) is 6.42 Å². The minimum Gasteiger partial charge on any atom is -0.463 e. The van der Waals surface area contributed by atoms with Gasteiger partial charge in [0, 0.05) is 6.20 Å². The molecule has 0 radical (unpaired) electrons. The number of rotatable bonds is 5. The molecular weight excluding hydrogens is 218 g/mol. The fraction of sp³-hybridized carbons (Fsp3) is 0.417. The molecule has 1 rings (SSSR count). The van der Waals surface area contributed by atoms with Crippen LogP contribution in [0.2, 0.25) is 0 Å². The van der Waals surface area contributed by atoms with Gasteiger partial charge in [-0.2, -0.15) is 0 Å². The quantitative estimate of drug-likeness (QED) is 0.616. The maximum Gasteiger partial charge on any atom is 0.376 e. The largest absolute Gasteiger partial charge is 0.463 e. The molecule has 5 heteroatoms. The molecule has 0 aromatic carbocycles. The van der Waals surface area contributed by atoms with Crippen molar-refractivity contribution in [1.82, 2.24) is 9.97 Å². The molecule has 0 spiro atoms. The van der Waals surface area contributed by atoms with Gasteiger partial charge in [-0.15, -0.1) is 6.42 Å². The Morgan fingerprint density at radius 2 is 2.47 bits per heavy atom. The Hall–Kier alpha value is -2.09. The maximum absolute atomic E-state index is 11.2. The van der Waals surface area contributed by atoms with Crippen LogP contribution in [0.5, 0.6) is 0 Å². The van der Waals surface area contributed by atoms with Crippen LogP contribution in [0.1, 0.15) is 30.4 Å². The van der Waals surface area contributed by atoms with E-state index in [1.165, 1.54) is 13.3 Å². The van der Waals surface area contributed by atoms with Crippen LogP contribution in [-0.2, 0) is 4.74 Å². The summed E-state index contributed by atoms with van der Waals surface area (Å²) in [5, 5.41) is 3.05. The topological polar surface area (TPSA) is 64.1 Å². The molecule has 0 aliphatic rings. The third-order valence-electron chi connectivity index (χ3n) is 2.12. The predicted octanol–water partition coefficient (Wildman–Crippen LogP) is 1.48.